The fourth-order valence-electron chi connectivity index (χ4n) is 6.24. The highest BCUT2D eigenvalue weighted by Gasteiger charge is 2.53. The third-order valence-electron chi connectivity index (χ3n) is 8.34. The quantitative estimate of drug-likeness (QED) is 0.229. The van der Waals surface area contributed by atoms with Crippen molar-refractivity contribution in [2.24, 2.45) is 0 Å². The van der Waals surface area contributed by atoms with E-state index in [0.717, 1.165) is 49.6 Å². The van der Waals surface area contributed by atoms with Gasteiger partial charge in [-0.2, -0.15) is 22.7 Å². The summed E-state index contributed by atoms with van der Waals surface area (Å²) in [6.45, 7) is 3.25. The lowest BCUT2D eigenvalue weighted by atomic mass is 9.89. The number of nitrogens with zero attached hydrogens (tertiary/aromatic N) is 1. The number of rotatable bonds is 11. The molecule has 0 spiro atoms. The van der Waals surface area contributed by atoms with Crippen LogP contribution in [-0.2, 0) is 37.6 Å². The molecule has 3 aromatic rings. The summed E-state index contributed by atoms with van der Waals surface area (Å²) in [5, 5.41) is 19.0. The number of hydrogen-bond acceptors (Lipinski definition) is 8. The van der Waals surface area contributed by atoms with Crippen molar-refractivity contribution in [1.82, 2.24) is 0 Å². The molecule has 1 N–H and O–H groups in total. The zero-order valence-electron chi connectivity index (χ0n) is 22.0. The Bertz CT molecular complexity index is 1170. The predicted octanol–water partition coefficient (Wildman–Crippen LogP) is 5.88. The van der Waals surface area contributed by atoms with Crippen LogP contribution in [-0.4, -0.2) is 53.4 Å². The van der Waals surface area contributed by atoms with Crippen LogP contribution >= 0.6 is 34.0 Å². The molecule has 38 heavy (non-hydrogen) atoms. The molecule has 5 rings (SSSR count). The van der Waals surface area contributed by atoms with Crippen LogP contribution in [0.2, 0.25) is 0 Å². The fourth-order valence-corrected chi connectivity index (χ4v) is 8.84. The third-order valence-corrected chi connectivity index (χ3v) is 10.8. The molecule has 9 heteroatoms. The molecule has 2 bridgehead atoms. The van der Waals surface area contributed by atoms with Crippen molar-refractivity contribution in [3.05, 3.63) is 66.7 Å². The Balaban J connectivity index is 1.21. The van der Waals surface area contributed by atoms with Crippen molar-refractivity contribution in [3.63, 3.8) is 0 Å². The maximum absolute atomic E-state index is 13.5. The van der Waals surface area contributed by atoms with Crippen LogP contribution in [0.5, 0.6) is 0 Å². The Morgan fingerprint density at radius 1 is 1.03 bits per heavy atom. The van der Waals surface area contributed by atoms with Crippen molar-refractivity contribution in [3.8, 4) is 0 Å². The summed E-state index contributed by atoms with van der Waals surface area (Å²) < 4.78 is 12.1. The van der Waals surface area contributed by atoms with E-state index in [0.29, 0.717) is 36.2 Å². The molecule has 4 atom stereocenters. The molecule has 6 nitrogen and oxygen atoms in total. The van der Waals surface area contributed by atoms with Gasteiger partial charge in [-0.15, -0.1) is 11.3 Å². The molecule has 2 fully saturated rings. The summed E-state index contributed by atoms with van der Waals surface area (Å²) in [6.07, 6.45) is 5.89. The largest absolute Gasteiger partial charge is 0.466 e. The number of carbonyl (C=O) groups is 2. The van der Waals surface area contributed by atoms with Crippen LogP contribution in [0.25, 0.3) is 0 Å². The van der Waals surface area contributed by atoms with Gasteiger partial charge in [-0.25, -0.2) is 4.79 Å². The molecule has 204 valence electrons. The molecule has 0 aromatic carbocycles. The summed E-state index contributed by atoms with van der Waals surface area (Å²) in [5.41, 5.74) is -0.628. The number of aliphatic hydroxyl groups is 1. The summed E-state index contributed by atoms with van der Waals surface area (Å²) in [5.74, 6) is -0.688. The van der Waals surface area contributed by atoms with Crippen LogP contribution in [0, 0.1) is 0 Å². The van der Waals surface area contributed by atoms with E-state index in [1.165, 1.54) is 32.4 Å². The fraction of sp³-hybridized carbons (Fsp3) is 0.517. The number of esters is 2. The van der Waals surface area contributed by atoms with Crippen molar-refractivity contribution in [2.45, 2.75) is 82.2 Å². The van der Waals surface area contributed by atoms with Crippen molar-refractivity contribution < 1.29 is 28.7 Å². The minimum atomic E-state index is -1.77. The topological polar surface area (TPSA) is 72.8 Å². The first-order valence-corrected chi connectivity index (χ1v) is 16.1. The third kappa shape index (κ3) is 5.49. The molecule has 0 saturated carbocycles. The molecule has 2 unspecified atom stereocenters. The van der Waals surface area contributed by atoms with Gasteiger partial charge in [-0.1, -0.05) is 0 Å². The standard InChI is InChI=1S/C29H36NO5S3/c1-3-34-27(31)6-4-5-25-9-10-26(38-25)17-30(2)22-7-8-23(30)16-24(15-22)35-28(32)29(33,20-11-13-36-18-20)21-12-14-37-19-21/h9-14,18-19,22-24,33H,3-8,15-17H2,1-2H3/q+1/t22-,23+,24?,30?. The average Bonchev–Trinajstić information content (AvgIpc) is 3.69. The molecule has 0 radical (unpaired) electrons. The van der Waals surface area contributed by atoms with E-state index in [-0.39, 0.29) is 12.1 Å². The second kappa shape index (κ2) is 11.6. The molecule has 0 aliphatic carbocycles. The molecule has 2 aliphatic heterocycles. The van der Waals surface area contributed by atoms with Gasteiger partial charge in [0.15, 0.2) is 0 Å². The van der Waals surface area contributed by atoms with E-state index >= 15 is 0 Å². The molecular weight excluding hydrogens is 539 g/mol. The minimum absolute atomic E-state index is 0.119. The molecule has 2 aliphatic rings. The van der Waals surface area contributed by atoms with Crippen molar-refractivity contribution in [1.29, 1.82) is 0 Å². The van der Waals surface area contributed by atoms with Crippen molar-refractivity contribution in [2.75, 3.05) is 13.7 Å². The lowest BCUT2D eigenvalue weighted by Gasteiger charge is -2.47. The number of carbonyl (C=O) groups excluding carboxylic acids is 2. The Hall–Kier alpha value is -2.04. The van der Waals surface area contributed by atoms with Gasteiger partial charge in [0.2, 0.25) is 5.60 Å². The summed E-state index contributed by atoms with van der Waals surface area (Å²) in [4.78, 5) is 27.8. The van der Waals surface area contributed by atoms with Gasteiger partial charge in [0.1, 0.15) is 12.6 Å². The summed E-state index contributed by atoms with van der Waals surface area (Å²) >= 11 is 4.77. The maximum atomic E-state index is 13.5. The van der Waals surface area contributed by atoms with E-state index in [1.807, 2.05) is 39.8 Å². The molecule has 0 amide bonds. The Kier molecular flexibility index (Phi) is 8.40. The van der Waals surface area contributed by atoms with Crippen LogP contribution in [0.3, 0.4) is 0 Å². The van der Waals surface area contributed by atoms with Gasteiger partial charge in [-0.05, 0) is 65.6 Å². The van der Waals surface area contributed by atoms with E-state index < -0.39 is 11.6 Å². The summed E-state index contributed by atoms with van der Waals surface area (Å²) in [6, 6.07) is 8.89. The zero-order chi connectivity index (χ0) is 26.8. The SMILES string of the molecule is CCOC(=O)CCCc1ccc(C[N+]2(C)[C@@H]3CC[C@H]2CC(OC(=O)C(O)(c2ccsc2)c2ccsc2)C3)s1. The molecule has 2 saturated heterocycles. The first kappa shape index (κ1) is 27.5. The first-order chi connectivity index (χ1) is 18.3. The van der Waals surface area contributed by atoms with Crippen molar-refractivity contribution >= 4 is 45.9 Å². The monoisotopic (exact) mass is 574 g/mol. The number of quaternary nitrogens is 1. The number of fused-ring (bicyclic) bond motifs is 2. The number of piperidine rings is 1. The van der Waals surface area contributed by atoms with E-state index in [2.05, 4.69) is 19.2 Å². The first-order valence-electron chi connectivity index (χ1n) is 13.4. The normalized spacial score (nSPS) is 24.9. The van der Waals surface area contributed by atoms with Crippen LogP contribution in [0.1, 0.15) is 66.3 Å². The van der Waals surface area contributed by atoms with Gasteiger partial charge in [-0.3, -0.25) is 4.79 Å². The van der Waals surface area contributed by atoms with E-state index in [4.69, 9.17) is 9.47 Å². The molecular formula is C29H36NO5S3+. The molecule has 5 heterocycles. The van der Waals surface area contributed by atoms with Gasteiger partial charge in [0.05, 0.1) is 30.6 Å². The second-order valence-corrected chi connectivity index (χ2v) is 13.5. The number of aryl methyl sites for hydroxylation is 1. The number of thiophene rings is 3. The molecule has 3 aromatic heterocycles. The average molecular weight is 575 g/mol. The Morgan fingerprint density at radius 2 is 1.66 bits per heavy atom. The van der Waals surface area contributed by atoms with E-state index in [1.54, 1.807) is 12.1 Å². The van der Waals surface area contributed by atoms with Gasteiger partial charge in [0.25, 0.3) is 0 Å². The zero-order valence-corrected chi connectivity index (χ0v) is 24.4. The Labute approximate surface area is 236 Å². The Morgan fingerprint density at radius 3 is 2.24 bits per heavy atom. The highest BCUT2D eigenvalue weighted by atomic mass is 32.1. The lowest BCUT2D eigenvalue weighted by molar-refractivity contribution is -0.961. The van der Waals surface area contributed by atoms with E-state index in [9.17, 15) is 14.7 Å². The van der Waals surface area contributed by atoms with Crippen LogP contribution in [0.15, 0.2) is 45.8 Å². The smallest absolute Gasteiger partial charge is 0.348 e. The van der Waals surface area contributed by atoms with Crippen LogP contribution in [0.4, 0.5) is 0 Å². The highest BCUT2D eigenvalue weighted by molar-refractivity contribution is 7.12. The second-order valence-electron chi connectivity index (χ2n) is 10.6. The number of hydrogen-bond donors (Lipinski definition) is 1. The van der Waals surface area contributed by atoms with Gasteiger partial charge in [0, 0.05) is 48.1 Å². The lowest BCUT2D eigenvalue weighted by Crippen LogP contribution is -2.58. The maximum Gasteiger partial charge on any atom is 0.348 e. The predicted molar refractivity (Wildman–Crippen MR) is 151 cm³/mol. The van der Waals surface area contributed by atoms with Gasteiger partial charge < -0.3 is 19.1 Å². The highest BCUT2D eigenvalue weighted by Crippen LogP contribution is 2.45. The summed E-state index contributed by atoms with van der Waals surface area (Å²) in [7, 11) is 2.35. The van der Waals surface area contributed by atoms with Gasteiger partial charge >= 0.3 is 11.9 Å². The minimum Gasteiger partial charge on any atom is -0.466 e. The number of ether oxygens (including phenoxy) is 2. The van der Waals surface area contributed by atoms with Crippen LogP contribution < -0.4 is 0 Å².